The van der Waals surface area contributed by atoms with Crippen LogP contribution in [0.2, 0.25) is 0 Å². The molecule has 0 saturated heterocycles. The number of aliphatic hydroxyl groups excluding tert-OH is 1. The molecular weight excluding hydrogens is 412 g/mol. The van der Waals surface area contributed by atoms with Crippen LogP contribution in [0.4, 0.5) is 0 Å². The van der Waals surface area contributed by atoms with Crippen molar-refractivity contribution in [3.63, 3.8) is 0 Å². The Morgan fingerprint density at radius 1 is 1.19 bits per heavy atom. The molecule has 6 nitrogen and oxygen atoms in total. The molecule has 7 heteroatoms. The van der Waals surface area contributed by atoms with E-state index in [2.05, 4.69) is 16.4 Å². The number of aromatic carboxylic acids is 1. The number of nitrogens with zero attached hydrogens (tertiary/aromatic N) is 1. The topological polar surface area (TPSA) is 91.7 Å². The first-order valence-corrected chi connectivity index (χ1v) is 11.0. The molecule has 4 rings (SSSR count). The van der Waals surface area contributed by atoms with E-state index in [9.17, 15) is 9.90 Å². The molecule has 2 atom stereocenters. The molecule has 1 aliphatic heterocycles. The second-order valence-electron chi connectivity index (χ2n) is 7.44. The van der Waals surface area contributed by atoms with Crippen LogP contribution in [0.5, 0.6) is 5.75 Å². The number of rotatable bonds is 8. The number of ether oxygens (including phenoxy) is 1. The fourth-order valence-corrected chi connectivity index (χ4v) is 4.47. The number of hydrogen-bond donors (Lipinski definition) is 3. The molecule has 0 amide bonds. The first-order valence-electron chi connectivity index (χ1n) is 10.2. The van der Waals surface area contributed by atoms with Gasteiger partial charge in [-0.15, -0.1) is 0 Å². The van der Waals surface area contributed by atoms with Crippen molar-refractivity contribution in [3.8, 4) is 5.75 Å². The number of carboxylic acids is 1. The number of pyridine rings is 1. The van der Waals surface area contributed by atoms with Crippen LogP contribution in [0.1, 0.15) is 34.0 Å². The lowest BCUT2D eigenvalue weighted by molar-refractivity contribution is 0.0696. The average molecular weight is 437 g/mol. The second kappa shape index (κ2) is 9.96. The number of benzene rings is 2. The summed E-state index contributed by atoms with van der Waals surface area (Å²) in [7, 11) is 0. The summed E-state index contributed by atoms with van der Waals surface area (Å²) in [5.41, 5.74) is 2.24. The van der Waals surface area contributed by atoms with Crippen molar-refractivity contribution in [2.75, 3.05) is 13.1 Å². The Bertz CT molecular complexity index is 1040. The maximum Gasteiger partial charge on any atom is 0.335 e. The van der Waals surface area contributed by atoms with Crippen LogP contribution >= 0.6 is 11.8 Å². The fourth-order valence-electron chi connectivity index (χ4n) is 3.53. The van der Waals surface area contributed by atoms with E-state index in [-0.39, 0.29) is 11.7 Å². The van der Waals surface area contributed by atoms with Gasteiger partial charge in [0.2, 0.25) is 0 Å². The Morgan fingerprint density at radius 3 is 2.87 bits per heavy atom. The molecule has 0 saturated carbocycles. The highest BCUT2D eigenvalue weighted by atomic mass is 32.2. The summed E-state index contributed by atoms with van der Waals surface area (Å²) in [4.78, 5) is 17.1. The van der Waals surface area contributed by atoms with Gasteiger partial charge in [-0.1, -0.05) is 23.9 Å². The van der Waals surface area contributed by atoms with Crippen LogP contribution in [0.15, 0.2) is 76.8 Å². The third kappa shape index (κ3) is 5.64. The van der Waals surface area contributed by atoms with Crippen molar-refractivity contribution >= 4 is 17.7 Å². The van der Waals surface area contributed by atoms with Crippen molar-refractivity contribution in [1.82, 2.24) is 10.3 Å². The Balaban J connectivity index is 1.31. The van der Waals surface area contributed by atoms with Crippen LogP contribution in [-0.2, 0) is 6.42 Å². The number of carboxylic acid groups (broad SMARTS) is 1. The minimum Gasteiger partial charge on any atom is -0.489 e. The Morgan fingerprint density at radius 2 is 2.06 bits per heavy atom. The summed E-state index contributed by atoms with van der Waals surface area (Å²) in [5, 5.41) is 22.7. The van der Waals surface area contributed by atoms with Gasteiger partial charge < -0.3 is 20.3 Å². The van der Waals surface area contributed by atoms with E-state index in [1.54, 1.807) is 42.4 Å². The zero-order valence-corrected chi connectivity index (χ0v) is 17.7. The van der Waals surface area contributed by atoms with Gasteiger partial charge in [-0.2, -0.15) is 0 Å². The van der Waals surface area contributed by atoms with Gasteiger partial charge in [0, 0.05) is 40.8 Å². The molecule has 2 heterocycles. The molecule has 1 aliphatic rings. The van der Waals surface area contributed by atoms with Gasteiger partial charge in [0.1, 0.15) is 11.9 Å². The van der Waals surface area contributed by atoms with Crippen molar-refractivity contribution in [3.05, 3.63) is 83.7 Å². The summed E-state index contributed by atoms with van der Waals surface area (Å²) in [6, 6.07) is 16.7. The van der Waals surface area contributed by atoms with Gasteiger partial charge in [0.15, 0.2) is 0 Å². The van der Waals surface area contributed by atoms with E-state index in [0.717, 1.165) is 39.5 Å². The highest BCUT2D eigenvalue weighted by Gasteiger charge is 2.20. The largest absolute Gasteiger partial charge is 0.489 e. The van der Waals surface area contributed by atoms with Gasteiger partial charge in [-0.3, -0.25) is 4.98 Å². The van der Waals surface area contributed by atoms with E-state index >= 15 is 0 Å². The van der Waals surface area contributed by atoms with Gasteiger partial charge >= 0.3 is 5.97 Å². The molecule has 0 radical (unpaired) electrons. The summed E-state index contributed by atoms with van der Waals surface area (Å²) in [6.07, 6.45) is 4.63. The molecule has 3 aromatic rings. The highest BCUT2D eigenvalue weighted by Crippen LogP contribution is 2.34. The van der Waals surface area contributed by atoms with E-state index in [4.69, 9.17) is 9.84 Å². The summed E-state index contributed by atoms with van der Waals surface area (Å²) >= 11 is 1.54. The standard InChI is InChI=1S/C24H24N2O4S/c27-22(18-4-2-10-25-13-18)15-26-14-19-7-6-16-11-21(8-9-23(16)30-19)31-20-5-1-3-17(12-20)24(28)29/h1-5,8-13,19,22,26-27H,6-7,14-15H2,(H,28,29)/t19-,22+/m1/s1. The SMILES string of the molecule is O=C(O)c1cccc(Sc2ccc3c(c2)CC[C@H](CNC[C@H](O)c2cccnc2)O3)c1. The van der Waals surface area contributed by atoms with Crippen molar-refractivity contribution in [2.24, 2.45) is 0 Å². The molecule has 0 bridgehead atoms. The predicted octanol–water partition coefficient (Wildman–Crippen LogP) is 3.95. The smallest absolute Gasteiger partial charge is 0.335 e. The molecule has 31 heavy (non-hydrogen) atoms. The first kappa shape index (κ1) is 21.4. The van der Waals surface area contributed by atoms with Crippen LogP contribution in [0, 0.1) is 0 Å². The number of aryl methyl sites for hydroxylation is 1. The Kier molecular flexibility index (Phi) is 6.86. The molecule has 0 unspecified atom stereocenters. The molecular formula is C24H24N2O4S. The summed E-state index contributed by atoms with van der Waals surface area (Å²) in [5.74, 6) is -0.0385. The van der Waals surface area contributed by atoms with Crippen molar-refractivity contribution in [2.45, 2.75) is 34.8 Å². The lowest BCUT2D eigenvalue weighted by atomic mass is 10.0. The normalized spacial score (nSPS) is 16.2. The molecule has 0 spiro atoms. The predicted molar refractivity (Wildman–Crippen MR) is 119 cm³/mol. The molecule has 0 fully saturated rings. The van der Waals surface area contributed by atoms with Crippen molar-refractivity contribution < 1.29 is 19.7 Å². The van der Waals surface area contributed by atoms with Gasteiger partial charge in [0.25, 0.3) is 0 Å². The van der Waals surface area contributed by atoms with Gasteiger partial charge in [0.05, 0.1) is 11.7 Å². The number of nitrogens with one attached hydrogen (secondary N) is 1. The first-order chi connectivity index (χ1) is 15.1. The summed E-state index contributed by atoms with van der Waals surface area (Å²) < 4.78 is 6.13. The van der Waals surface area contributed by atoms with Crippen LogP contribution < -0.4 is 10.1 Å². The zero-order chi connectivity index (χ0) is 21.6. The maximum atomic E-state index is 11.2. The lowest BCUT2D eigenvalue weighted by Gasteiger charge is -2.27. The minimum atomic E-state index is -0.922. The lowest BCUT2D eigenvalue weighted by Crippen LogP contribution is -2.36. The molecule has 3 N–H and O–H groups in total. The number of aliphatic hydroxyl groups is 1. The van der Waals surface area contributed by atoms with E-state index in [0.29, 0.717) is 13.1 Å². The average Bonchev–Trinajstić information content (AvgIpc) is 2.80. The zero-order valence-electron chi connectivity index (χ0n) is 16.9. The van der Waals surface area contributed by atoms with E-state index in [1.165, 1.54) is 0 Å². The monoisotopic (exact) mass is 436 g/mol. The summed E-state index contributed by atoms with van der Waals surface area (Å²) in [6.45, 7) is 1.11. The second-order valence-corrected chi connectivity index (χ2v) is 8.59. The molecule has 1 aromatic heterocycles. The maximum absolute atomic E-state index is 11.2. The molecule has 0 aliphatic carbocycles. The third-order valence-corrected chi connectivity index (χ3v) is 6.14. The Hall–Kier alpha value is -2.87. The van der Waals surface area contributed by atoms with Crippen LogP contribution in [0.25, 0.3) is 0 Å². The number of carbonyl (C=O) groups is 1. The third-order valence-electron chi connectivity index (χ3n) is 5.16. The number of hydrogen-bond acceptors (Lipinski definition) is 6. The van der Waals surface area contributed by atoms with Gasteiger partial charge in [-0.25, -0.2) is 4.79 Å². The van der Waals surface area contributed by atoms with E-state index in [1.807, 2.05) is 30.3 Å². The van der Waals surface area contributed by atoms with Crippen molar-refractivity contribution in [1.29, 1.82) is 0 Å². The minimum absolute atomic E-state index is 0.0550. The Labute approximate surface area is 185 Å². The van der Waals surface area contributed by atoms with Gasteiger partial charge in [-0.05, 0) is 60.9 Å². The van der Waals surface area contributed by atoms with E-state index < -0.39 is 12.1 Å². The molecule has 160 valence electrons. The van der Waals surface area contributed by atoms with Crippen LogP contribution in [0.3, 0.4) is 0 Å². The highest BCUT2D eigenvalue weighted by molar-refractivity contribution is 7.99. The fraction of sp³-hybridized carbons (Fsp3) is 0.250. The molecule has 2 aromatic carbocycles. The number of aromatic nitrogens is 1. The quantitative estimate of drug-likeness (QED) is 0.492. The number of fused-ring (bicyclic) bond motifs is 1. The van der Waals surface area contributed by atoms with Crippen LogP contribution in [-0.4, -0.2) is 40.4 Å².